The number of likely N-dealkylation sites (tertiary alicyclic amines) is 1. The molecule has 0 aromatic heterocycles. The van der Waals surface area contributed by atoms with Gasteiger partial charge in [-0.1, -0.05) is 0 Å². The molecule has 2 N–H and O–H groups in total. The van der Waals surface area contributed by atoms with E-state index in [1.165, 1.54) is 0 Å². The molecule has 0 unspecified atom stereocenters. The fourth-order valence-corrected chi connectivity index (χ4v) is 2.21. The zero-order valence-electron chi connectivity index (χ0n) is 9.71. The predicted octanol–water partition coefficient (Wildman–Crippen LogP) is -0.0304. The van der Waals surface area contributed by atoms with Gasteiger partial charge in [-0.2, -0.15) is 0 Å². The van der Waals surface area contributed by atoms with Crippen molar-refractivity contribution in [2.24, 2.45) is 5.92 Å². The lowest BCUT2D eigenvalue weighted by Crippen LogP contribution is -2.56. The number of carbonyl (C=O) groups excluding carboxylic acids is 1. The number of aliphatic carboxylic acids is 1. The van der Waals surface area contributed by atoms with Gasteiger partial charge in [-0.05, 0) is 12.8 Å². The zero-order chi connectivity index (χ0) is 12.4. The van der Waals surface area contributed by atoms with Crippen LogP contribution in [0.15, 0.2) is 0 Å². The van der Waals surface area contributed by atoms with E-state index in [4.69, 9.17) is 10.2 Å². The van der Waals surface area contributed by atoms with E-state index in [1.807, 2.05) is 0 Å². The second kappa shape index (κ2) is 4.91. The minimum atomic E-state index is -0.809. The van der Waals surface area contributed by atoms with Gasteiger partial charge < -0.3 is 20.0 Å². The van der Waals surface area contributed by atoms with Gasteiger partial charge in [0.25, 0.3) is 0 Å². The molecule has 17 heavy (non-hydrogen) atoms. The average molecular weight is 242 g/mol. The molecule has 0 bridgehead atoms. The molecule has 0 atom stereocenters. The van der Waals surface area contributed by atoms with Gasteiger partial charge in [0.15, 0.2) is 0 Å². The van der Waals surface area contributed by atoms with Crippen LogP contribution in [0, 0.1) is 5.92 Å². The summed E-state index contributed by atoms with van der Waals surface area (Å²) in [7, 11) is 0. The van der Waals surface area contributed by atoms with Gasteiger partial charge in [-0.3, -0.25) is 4.79 Å². The highest BCUT2D eigenvalue weighted by atomic mass is 16.4. The van der Waals surface area contributed by atoms with E-state index in [9.17, 15) is 9.59 Å². The molecule has 0 spiro atoms. The van der Waals surface area contributed by atoms with Crippen molar-refractivity contribution < 1.29 is 19.8 Å². The largest absolute Gasteiger partial charge is 0.481 e. The molecule has 6 nitrogen and oxygen atoms in total. The summed E-state index contributed by atoms with van der Waals surface area (Å²) in [5.74, 6) is -0.719. The van der Waals surface area contributed by atoms with E-state index < -0.39 is 5.97 Å². The number of nitrogens with zero attached hydrogens (tertiary/aromatic N) is 2. The third kappa shape index (κ3) is 2.88. The fourth-order valence-electron chi connectivity index (χ4n) is 2.21. The molecule has 1 saturated heterocycles. The Morgan fingerprint density at radius 1 is 1.29 bits per heavy atom. The highest BCUT2D eigenvalue weighted by molar-refractivity contribution is 5.76. The molecule has 2 fully saturated rings. The maximum Gasteiger partial charge on any atom is 0.320 e. The van der Waals surface area contributed by atoms with Crippen LogP contribution in [0.1, 0.15) is 19.3 Å². The maximum absolute atomic E-state index is 12.0. The number of carbonyl (C=O) groups is 2. The first-order valence-corrected chi connectivity index (χ1v) is 6.00. The molecule has 2 amide bonds. The smallest absolute Gasteiger partial charge is 0.320 e. The number of amides is 2. The Hall–Kier alpha value is -1.30. The van der Waals surface area contributed by atoms with E-state index in [-0.39, 0.29) is 31.0 Å². The molecule has 1 saturated carbocycles. The van der Waals surface area contributed by atoms with Gasteiger partial charge in [0, 0.05) is 31.6 Å². The summed E-state index contributed by atoms with van der Waals surface area (Å²) in [5.41, 5.74) is 0. The number of hydrogen-bond acceptors (Lipinski definition) is 3. The molecule has 96 valence electrons. The highest BCUT2D eigenvalue weighted by Crippen LogP contribution is 2.29. The number of hydrogen-bond donors (Lipinski definition) is 2. The molecule has 1 aliphatic carbocycles. The Morgan fingerprint density at radius 3 is 2.41 bits per heavy atom. The second-order valence-electron chi connectivity index (χ2n) is 4.80. The fraction of sp³-hybridized carbons (Fsp3) is 0.818. The van der Waals surface area contributed by atoms with E-state index >= 15 is 0 Å². The van der Waals surface area contributed by atoms with Gasteiger partial charge in [0.2, 0.25) is 0 Å². The minimum Gasteiger partial charge on any atom is -0.481 e. The molecule has 0 aromatic carbocycles. The number of aliphatic hydroxyl groups excluding tert-OH is 1. The van der Waals surface area contributed by atoms with Crippen LogP contribution in [0.3, 0.4) is 0 Å². The summed E-state index contributed by atoms with van der Waals surface area (Å²) in [5, 5.41) is 17.5. The summed E-state index contributed by atoms with van der Waals surface area (Å²) in [6, 6.07) is 0.233. The molecule has 0 aromatic rings. The first kappa shape index (κ1) is 12.2. The standard InChI is InChI=1S/C11H18N2O4/c14-4-3-13(9-1-2-9)11(17)12-6-8(7-12)5-10(15)16/h8-9,14H,1-7H2,(H,15,16). The normalized spacial score (nSPS) is 19.9. The van der Waals surface area contributed by atoms with Crippen LogP contribution in [0.2, 0.25) is 0 Å². The van der Waals surface area contributed by atoms with Crippen molar-refractivity contribution >= 4 is 12.0 Å². The summed E-state index contributed by atoms with van der Waals surface area (Å²) in [6.07, 6.45) is 2.16. The number of urea groups is 1. The molecule has 6 heteroatoms. The van der Waals surface area contributed by atoms with Gasteiger partial charge >= 0.3 is 12.0 Å². The topological polar surface area (TPSA) is 81.1 Å². The van der Waals surface area contributed by atoms with Crippen molar-refractivity contribution in [3.63, 3.8) is 0 Å². The minimum absolute atomic E-state index is 0.0192. The highest BCUT2D eigenvalue weighted by Gasteiger charge is 2.39. The van der Waals surface area contributed by atoms with Gasteiger partial charge in [-0.15, -0.1) is 0 Å². The summed E-state index contributed by atoms with van der Waals surface area (Å²) in [4.78, 5) is 25.9. The summed E-state index contributed by atoms with van der Waals surface area (Å²) >= 11 is 0. The number of carboxylic acid groups (broad SMARTS) is 1. The van der Waals surface area contributed by atoms with E-state index in [1.54, 1.807) is 9.80 Å². The molecule has 1 aliphatic heterocycles. The lowest BCUT2D eigenvalue weighted by Gasteiger charge is -2.41. The molecule has 1 heterocycles. The molecule has 2 rings (SSSR count). The van der Waals surface area contributed by atoms with Gasteiger partial charge in [0.05, 0.1) is 13.0 Å². The first-order chi connectivity index (χ1) is 8.11. The number of carboxylic acids is 1. The van der Waals surface area contributed by atoms with Crippen molar-refractivity contribution in [1.82, 2.24) is 9.80 Å². The molecular formula is C11H18N2O4. The van der Waals surface area contributed by atoms with Crippen molar-refractivity contribution in [1.29, 1.82) is 0 Å². The average Bonchev–Trinajstić information content (AvgIpc) is 3.01. The SMILES string of the molecule is O=C(O)CC1CN(C(=O)N(CCO)C2CC2)C1. The van der Waals surface area contributed by atoms with Gasteiger partial charge in [-0.25, -0.2) is 4.79 Å². The third-order valence-corrected chi connectivity index (χ3v) is 3.27. The van der Waals surface area contributed by atoms with Crippen molar-refractivity contribution in [2.75, 3.05) is 26.2 Å². The Balaban J connectivity index is 1.78. The van der Waals surface area contributed by atoms with Crippen molar-refractivity contribution in [3.05, 3.63) is 0 Å². The van der Waals surface area contributed by atoms with Crippen LogP contribution >= 0.6 is 0 Å². The van der Waals surface area contributed by atoms with E-state index in [0.29, 0.717) is 19.6 Å². The lowest BCUT2D eigenvalue weighted by molar-refractivity contribution is -0.139. The van der Waals surface area contributed by atoms with E-state index in [0.717, 1.165) is 12.8 Å². The zero-order valence-corrected chi connectivity index (χ0v) is 9.71. The maximum atomic E-state index is 12.0. The Bertz CT molecular complexity index is 311. The van der Waals surface area contributed by atoms with Crippen LogP contribution in [0.4, 0.5) is 4.79 Å². The first-order valence-electron chi connectivity index (χ1n) is 6.00. The van der Waals surface area contributed by atoms with Crippen molar-refractivity contribution in [2.45, 2.75) is 25.3 Å². The summed E-state index contributed by atoms with van der Waals surface area (Å²) in [6.45, 7) is 1.41. The number of aliphatic hydroxyl groups is 1. The quantitative estimate of drug-likeness (QED) is 0.709. The molecule has 2 aliphatic rings. The van der Waals surface area contributed by atoms with Gasteiger partial charge in [0.1, 0.15) is 0 Å². The molecule has 0 radical (unpaired) electrons. The Labute approximate surface area is 99.8 Å². The van der Waals surface area contributed by atoms with Crippen LogP contribution in [-0.4, -0.2) is 64.3 Å². The lowest BCUT2D eigenvalue weighted by atomic mass is 9.97. The van der Waals surface area contributed by atoms with Crippen LogP contribution < -0.4 is 0 Å². The Morgan fingerprint density at radius 2 is 1.94 bits per heavy atom. The summed E-state index contributed by atoms with van der Waals surface area (Å²) < 4.78 is 0. The Kier molecular flexibility index (Phi) is 3.51. The van der Waals surface area contributed by atoms with Crippen LogP contribution in [0.25, 0.3) is 0 Å². The predicted molar refractivity (Wildman–Crippen MR) is 59.5 cm³/mol. The van der Waals surface area contributed by atoms with Crippen LogP contribution in [-0.2, 0) is 4.79 Å². The molecular weight excluding hydrogens is 224 g/mol. The second-order valence-corrected chi connectivity index (χ2v) is 4.80. The van der Waals surface area contributed by atoms with Crippen LogP contribution in [0.5, 0.6) is 0 Å². The third-order valence-electron chi connectivity index (χ3n) is 3.27. The monoisotopic (exact) mass is 242 g/mol. The number of rotatable bonds is 5. The van der Waals surface area contributed by atoms with E-state index in [2.05, 4.69) is 0 Å². The van der Waals surface area contributed by atoms with Crippen molar-refractivity contribution in [3.8, 4) is 0 Å².